The number of aromatic amines is 1. The van der Waals surface area contributed by atoms with Crippen LogP contribution < -0.4 is 10.6 Å². The minimum absolute atomic E-state index is 0.234. The van der Waals surface area contributed by atoms with Crippen LogP contribution in [0.2, 0.25) is 0 Å². The maximum atomic E-state index is 11.6. The minimum Gasteiger partial charge on any atom is -0.353 e. The molecule has 1 fully saturated rings. The molecule has 0 saturated carbocycles. The Hall–Kier alpha value is -1.37. The zero-order chi connectivity index (χ0) is 13.4. The molecule has 0 spiro atoms. The topological polar surface area (TPSA) is 66.3 Å². The number of aromatic nitrogens is 4. The summed E-state index contributed by atoms with van der Waals surface area (Å²) in [7, 11) is 0. The van der Waals surface area contributed by atoms with Gasteiger partial charge < -0.3 is 4.90 Å². The van der Waals surface area contributed by atoms with Crippen molar-refractivity contribution < 1.29 is 0 Å². The van der Waals surface area contributed by atoms with E-state index in [4.69, 9.17) is 0 Å². The highest BCUT2D eigenvalue weighted by atomic mass is 79.9. The number of halogens is 1. The predicted octanol–water partition coefficient (Wildman–Crippen LogP) is 1.48. The second kappa shape index (κ2) is 4.96. The number of aryl methyl sites for hydroxylation is 1. The molecule has 0 radical (unpaired) electrons. The van der Waals surface area contributed by atoms with Gasteiger partial charge in [-0.3, -0.25) is 0 Å². The van der Waals surface area contributed by atoms with Gasteiger partial charge in [0.1, 0.15) is 11.6 Å². The molecule has 0 amide bonds. The van der Waals surface area contributed by atoms with Crippen molar-refractivity contribution in [1.29, 1.82) is 0 Å². The number of nitrogens with zero attached hydrogens (tertiary/aromatic N) is 4. The summed E-state index contributed by atoms with van der Waals surface area (Å²) in [6, 6.07) is 2.35. The fourth-order valence-corrected chi connectivity index (χ4v) is 3.37. The van der Waals surface area contributed by atoms with Crippen molar-refractivity contribution >= 4 is 27.4 Å². The van der Waals surface area contributed by atoms with Gasteiger partial charge in [0.2, 0.25) is 0 Å². The van der Waals surface area contributed by atoms with Crippen LogP contribution in [0, 0.1) is 6.92 Å². The van der Waals surface area contributed by atoms with Crippen LogP contribution in [0.3, 0.4) is 0 Å². The van der Waals surface area contributed by atoms with E-state index in [0.717, 1.165) is 17.7 Å². The van der Waals surface area contributed by atoms with Crippen LogP contribution in [0.5, 0.6) is 0 Å². The smallest absolute Gasteiger partial charge is 0.349 e. The molecule has 3 rings (SSSR count). The monoisotopic (exact) mass is 325 g/mol. The molecule has 0 aromatic carbocycles. The minimum atomic E-state index is -0.234. The molecule has 1 aliphatic rings. The van der Waals surface area contributed by atoms with Gasteiger partial charge in [-0.1, -0.05) is 15.9 Å². The van der Waals surface area contributed by atoms with Crippen molar-refractivity contribution in [2.24, 2.45) is 0 Å². The quantitative estimate of drug-likeness (QED) is 0.849. The van der Waals surface area contributed by atoms with Crippen LogP contribution >= 0.6 is 15.9 Å². The Labute approximate surface area is 119 Å². The molecular weight excluding hydrogens is 310 g/mol. The van der Waals surface area contributed by atoms with E-state index in [1.165, 1.54) is 23.7 Å². The first-order valence-corrected chi connectivity index (χ1v) is 7.60. The first-order chi connectivity index (χ1) is 9.20. The Morgan fingerprint density at radius 2 is 2.37 bits per heavy atom. The van der Waals surface area contributed by atoms with Crippen LogP contribution in [-0.4, -0.2) is 37.5 Å². The summed E-state index contributed by atoms with van der Waals surface area (Å²) >= 11 is 3.57. The molecule has 2 aromatic rings. The number of H-pyrrole nitrogens is 1. The third kappa shape index (κ3) is 2.16. The van der Waals surface area contributed by atoms with Crippen molar-refractivity contribution in [1.82, 2.24) is 19.6 Å². The van der Waals surface area contributed by atoms with Crippen molar-refractivity contribution in [3.8, 4) is 0 Å². The largest absolute Gasteiger partial charge is 0.353 e. The fourth-order valence-electron chi connectivity index (χ4n) is 2.69. The molecule has 0 aliphatic carbocycles. The number of nitrogens with one attached hydrogen (secondary N) is 1. The predicted molar refractivity (Wildman–Crippen MR) is 77.1 cm³/mol. The molecular formula is C12H16BrN5O. The second-order valence-electron chi connectivity index (χ2n) is 4.88. The molecule has 1 atom stereocenters. The van der Waals surface area contributed by atoms with Gasteiger partial charge in [-0.2, -0.15) is 5.10 Å². The maximum Gasteiger partial charge on any atom is 0.349 e. The maximum absolute atomic E-state index is 11.6. The number of fused-ring (bicyclic) bond motifs is 1. The van der Waals surface area contributed by atoms with E-state index in [9.17, 15) is 4.79 Å². The molecule has 7 heteroatoms. The highest BCUT2D eigenvalue weighted by Gasteiger charge is 2.23. The Morgan fingerprint density at radius 3 is 3.16 bits per heavy atom. The van der Waals surface area contributed by atoms with Crippen molar-refractivity contribution in [2.75, 3.05) is 16.8 Å². The first kappa shape index (κ1) is 12.7. The molecule has 1 N–H and O–H groups in total. The zero-order valence-electron chi connectivity index (χ0n) is 10.8. The fraction of sp³-hybridized carbons (Fsp3) is 0.583. The number of hydrogen-bond donors (Lipinski definition) is 1. The molecule has 2 aromatic heterocycles. The van der Waals surface area contributed by atoms with Crippen LogP contribution in [0.1, 0.15) is 25.1 Å². The summed E-state index contributed by atoms with van der Waals surface area (Å²) in [5, 5.41) is 7.43. The van der Waals surface area contributed by atoms with Gasteiger partial charge in [-0.05, 0) is 26.2 Å². The molecule has 6 nitrogen and oxygen atoms in total. The highest BCUT2D eigenvalue weighted by molar-refractivity contribution is 9.09. The molecule has 102 valence electrons. The molecule has 1 unspecified atom stereocenters. The van der Waals surface area contributed by atoms with Gasteiger partial charge >= 0.3 is 5.69 Å². The lowest BCUT2D eigenvalue weighted by Crippen LogP contribution is -2.41. The number of anilines is 1. The number of rotatable bonds is 2. The van der Waals surface area contributed by atoms with E-state index in [1.807, 2.05) is 13.0 Å². The Balaban J connectivity index is 2.07. The van der Waals surface area contributed by atoms with E-state index in [1.54, 1.807) is 0 Å². The van der Waals surface area contributed by atoms with Crippen molar-refractivity contribution in [3.05, 3.63) is 22.4 Å². The summed E-state index contributed by atoms with van der Waals surface area (Å²) in [6.45, 7) is 2.84. The second-order valence-corrected chi connectivity index (χ2v) is 5.53. The average molecular weight is 326 g/mol. The zero-order valence-corrected chi connectivity index (χ0v) is 12.4. The summed E-state index contributed by atoms with van der Waals surface area (Å²) in [6.07, 6.45) is 3.61. The highest BCUT2D eigenvalue weighted by Crippen LogP contribution is 2.25. The summed E-state index contributed by atoms with van der Waals surface area (Å²) in [5.74, 6) is 1.58. The van der Waals surface area contributed by atoms with Crippen molar-refractivity contribution in [2.45, 2.75) is 32.2 Å². The van der Waals surface area contributed by atoms with Gasteiger partial charge in [0.15, 0.2) is 5.65 Å². The van der Waals surface area contributed by atoms with Crippen molar-refractivity contribution in [3.63, 3.8) is 0 Å². The van der Waals surface area contributed by atoms with Crippen LogP contribution in [0.4, 0.5) is 5.82 Å². The molecule has 19 heavy (non-hydrogen) atoms. The van der Waals surface area contributed by atoms with E-state index in [0.29, 0.717) is 17.5 Å². The Kier molecular flexibility index (Phi) is 3.30. The van der Waals surface area contributed by atoms with E-state index >= 15 is 0 Å². The molecule has 1 aliphatic heterocycles. The number of alkyl halides is 1. The molecule has 0 bridgehead atoms. The Bertz CT molecular complexity index is 649. The number of piperidine rings is 1. The summed E-state index contributed by atoms with van der Waals surface area (Å²) in [4.78, 5) is 18.5. The third-order valence-electron chi connectivity index (χ3n) is 3.66. The lowest BCUT2D eigenvalue weighted by molar-refractivity contribution is 0.487. The van der Waals surface area contributed by atoms with Gasteiger partial charge in [0, 0.05) is 24.0 Å². The normalized spacial score (nSPS) is 20.1. The standard InChI is InChI=1S/C12H16BrN5O/c1-8-14-10(6-11-15-16-12(19)18(8)11)17-5-3-2-4-9(17)7-13/h6,9H,2-5,7H2,1H3,(H,16,19). The Morgan fingerprint density at radius 1 is 1.53 bits per heavy atom. The SMILES string of the molecule is Cc1nc(N2CCCCC2CBr)cc2n[nH]c(=O)n12. The van der Waals surface area contributed by atoms with Gasteiger partial charge in [0.25, 0.3) is 0 Å². The lowest BCUT2D eigenvalue weighted by Gasteiger charge is -2.35. The molecule has 3 heterocycles. The van der Waals surface area contributed by atoms with Gasteiger partial charge in [0.05, 0.1) is 0 Å². The van der Waals surface area contributed by atoms with Crippen LogP contribution in [-0.2, 0) is 0 Å². The lowest BCUT2D eigenvalue weighted by atomic mass is 10.0. The van der Waals surface area contributed by atoms with E-state index in [2.05, 4.69) is 36.0 Å². The van der Waals surface area contributed by atoms with E-state index < -0.39 is 0 Å². The van der Waals surface area contributed by atoms with Gasteiger partial charge in [-0.25, -0.2) is 19.3 Å². The molecule has 1 saturated heterocycles. The summed E-state index contributed by atoms with van der Waals surface area (Å²) in [5.41, 5.74) is 0.397. The van der Waals surface area contributed by atoms with Crippen LogP contribution in [0.25, 0.3) is 5.65 Å². The number of hydrogen-bond acceptors (Lipinski definition) is 4. The average Bonchev–Trinajstić information content (AvgIpc) is 2.80. The van der Waals surface area contributed by atoms with Gasteiger partial charge in [-0.15, -0.1) is 0 Å². The first-order valence-electron chi connectivity index (χ1n) is 6.48. The van der Waals surface area contributed by atoms with E-state index in [-0.39, 0.29) is 5.69 Å². The third-order valence-corrected chi connectivity index (χ3v) is 4.40. The van der Waals surface area contributed by atoms with Crippen LogP contribution in [0.15, 0.2) is 10.9 Å². The summed E-state index contributed by atoms with van der Waals surface area (Å²) < 4.78 is 1.50.